The Morgan fingerprint density at radius 2 is 2.39 bits per heavy atom. The molecule has 5 rings (SSSR count). The maximum absolute atomic E-state index is 12.6. The van der Waals surface area contributed by atoms with Gasteiger partial charge in [-0.1, -0.05) is 11.8 Å². The zero-order valence-corrected chi connectivity index (χ0v) is 16.3. The summed E-state index contributed by atoms with van der Waals surface area (Å²) in [6.07, 6.45) is 3.84. The van der Waals surface area contributed by atoms with E-state index < -0.39 is 0 Å². The van der Waals surface area contributed by atoms with Crippen LogP contribution in [0.3, 0.4) is 0 Å². The van der Waals surface area contributed by atoms with Crippen LogP contribution in [-0.2, 0) is 17.0 Å². The van der Waals surface area contributed by atoms with Crippen LogP contribution < -0.4 is 5.56 Å². The van der Waals surface area contributed by atoms with Gasteiger partial charge in [0.05, 0.1) is 30.1 Å². The lowest BCUT2D eigenvalue weighted by Gasteiger charge is -2.09. The van der Waals surface area contributed by atoms with Gasteiger partial charge >= 0.3 is 0 Å². The van der Waals surface area contributed by atoms with Gasteiger partial charge in [0.15, 0.2) is 0 Å². The van der Waals surface area contributed by atoms with E-state index in [1.807, 2.05) is 11.4 Å². The molecule has 0 radical (unpaired) electrons. The molecule has 1 atom stereocenters. The molecule has 1 aliphatic rings. The number of tetrazole rings is 1. The number of fused-ring (bicyclic) bond motifs is 1. The molecule has 1 N–H and O–H groups in total. The molecule has 4 aromatic rings. The molecule has 144 valence electrons. The molecule has 0 bridgehead atoms. The standard InChI is InChI=1S/C17H16N6O3S2/c24-15-14-11(12-4-2-6-26-12)8-27-16(14)19-13(18-15)9-28-17-20-21-22-23(17)7-10-3-1-5-25-10/h2,4,6,8,10H,1,3,5,7,9H2,(H,18,19,24)/t10-/m0/s1. The Labute approximate surface area is 167 Å². The maximum Gasteiger partial charge on any atom is 0.260 e. The van der Waals surface area contributed by atoms with Crippen molar-refractivity contribution in [2.75, 3.05) is 6.61 Å². The summed E-state index contributed by atoms with van der Waals surface area (Å²) in [5.41, 5.74) is 0.589. The number of nitrogens with zero attached hydrogens (tertiary/aromatic N) is 5. The van der Waals surface area contributed by atoms with Crippen LogP contribution in [-0.4, -0.2) is 42.9 Å². The molecule has 9 nitrogen and oxygen atoms in total. The molecule has 28 heavy (non-hydrogen) atoms. The number of nitrogens with one attached hydrogen (secondary N) is 1. The van der Waals surface area contributed by atoms with E-state index in [2.05, 4.69) is 25.5 Å². The third kappa shape index (κ3) is 3.36. The fourth-order valence-corrected chi connectivity index (χ4v) is 4.91. The number of furan rings is 1. The van der Waals surface area contributed by atoms with Gasteiger partial charge in [-0.15, -0.1) is 16.4 Å². The monoisotopic (exact) mass is 416 g/mol. The van der Waals surface area contributed by atoms with Crippen molar-refractivity contribution in [2.24, 2.45) is 0 Å². The number of ether oxygens (including phenoxy) is 1. The largest absolute Gasteiger partial charge is 0.464 e. The second-order valence-electron chi connectivity index (χ2n) is 6.39. The van der Waals surface area contributed by atoms with Gasteiger partial charge < -0.3 is 14.1 Å². The van der Waals surface area contributed by atoms with Crippen molar-refractivity contribution >= 4 is 33.3 Å². The van der Waals surface area contributed by atoms with E-state index in [0.29, 0.717) is 39.3 Å². The lowest BCUT2D eigenvalue weighted by Crippen LogP contribution is -2.17. The maximum atomic E-state index is 12.6. The van der Waals surface area contributed by atoms with Crippen LogP contribution in [0.5, 0.6) is 0 Å². The number of thioether (sulfide) groups is 1. The Bertz CT molecular complexity index is 1140. The van der Waals surface area contributed by atoms with E-state index in [4.69, 9.17) is 9.15 Å². The highest BCUT2D eigenvalue weighted by atomic mass is 32.2. The molecule has 0 spiro atoms. The van der Waals surface area contributed by atoms with Gasteiger partial charge in [-0.05, 0) is 35.4 Å². The summed E-state index contributed by atoms with van der Waals surface area (Å²) < 4.78 is 12.8. The lowest BCUT2D eigenvalue weighted by molar-refractivity contribution is 0.0912. The number of rotatable bonds is 6. The number of hydrogen-bond donors (Lipinski definition) is 1. The summed E-state index contributed by atoms with van der Waals surface area (Å²) in [6.45, 7) is 1.43. The highest BCUT2D eigenvalue weighted by molar-refractivity contribution is 7.98. The van der Waals surface area contributed by atoms with Crippen molar-refractivity contribution in [3.8, 4) is 11.3 Å². The minimum atomic E-state index is -0.174. The topological polar surface area (TPSA) is 112 Å². The van der Waals surface area contributed by atoms with Gasteiger partial charge in [0.25, 0.3) is 5.56 Å². The molecular weight excluding hydrogens is 400 g/mol. The molecule has 0 saturated carbocycles. The predicted octanol–water partition coefficient (Wildman–Crippen LogP) is 2.70. The highest BCUT2D eigenvalue weighted by Crippen LogP contribution is 2.31. The van der Waals surface area contributed by atoms with E-state index in [1.165, 1.54) is 23.1 Å². The Balaban J connectivity index is 1.35. The number of aromatic amines is 1. The van der Waals surface area contributed by atoms with Crippen LogP contribution in [0.15, 0.2) is 38.1 Å². The molecule has 1 fully saturated rings. The molecule has 11 heteroatoms. The summed E-state index contributed by atoms with van der Waals surface area (Å²) in [7, 11) is 0. The smallest absolute Gasteiger partial charge is 0.260 e. The Hall–Kier alpha value is -2.50. The summed E-state index contributed by atoms with van der Waals surface area (Å²) in [6, 6.07) is 3.63. The zero-order chi connectivity index (χ0) is 18.9. The molecule has 0 amide bonds. The first kappa shape index (κ1) is 17.6. The Morgan fingerprint density at radius 3 is 3.21 bits per heavy atom. The average Bonchev–Trinajstić information content (AvgIpc) is 3.47. The van der Waals surface area contributed by atoms with Crippen molar-refractivity contribution in [2.45, 2.75) is 36.4 Å². The SMILES string of the molecule is O=c1[nH]c(CSc2nnnn2C[C@@H]2CCCO2)nc2scc(-c3ccco3)c12. The van der Waals surface area contributed by atoms with Gasteiger partial charge in [0.2, 0.25) is 5.16 Å². The molecule has 0 aromatic carbocycles. The first-order valence-electron chi connectivity index (χ1n) is 8.83. The summed E-state index contributed by atoms with van der Waals surface area (Å²) in [5.74, 6) is 1.71. The van der Waals surface area contributed by atoms with E-state index in [9.17, 15) is 4.79 Å². The first-order valence-corrected chi connectivity index (χ1v) is 10.7. The van der Waals surface area contributed by atoms with Crippen molar-refractivity contribution in [3.05, 3.63) is 40.0 Å². The highest BCUT2D eigenvalue weighted by Gasteiger charge is 2.19. The lowest BCUT2D eigenvalue weighted by atomic mass is 10.2. The molecule has 0 unspecified atom stereocenters. The molecule has 1 aliphatic heterocycles. The second kappa shape index (κ2) is 7.49. The Kier molecular flexibility index (Phi) is 4.71. The molecule has 4 aromatic heterocycles. The normalized spacial score (nSPS) is 16.9. The van der Waals surface area contributed by atoms with Gasteiger partial charge in [0.1, 0.15) is 16.4 Å². The second-order valence-corrected chi connectivity index (χ2v) is 8.19. The van der Waals surface area contributed by atoms with Crippen LogP contribution in [0.25, 0.3) is 21.5 Å². The van der Waals surface area contributed by atoms with Crippen molar-refractivity contribution in [1.29, 1.82) is 0 Å². The third-order valence-corrected chi connectivity index (χ3v) is 6.36. The zero-order valence-electron chi connectivity index (χ0n) is 14.7. The van der Waals surface area contributed by atoms with Gasteiger partial charge in [0, 0.05) is 17.6 Å². The summed E-state index contributed by atoms with van der Waals surface area (Å²) >= 11 is 2.86. The van der Waals surface area contributed by atoms with Crippen molar-refractivity contribution < 1.29 is 9.15 Å². The summed E-state index contributed by atoms with van der Waals surface area (Å²) in [4.78, 5) is 20.8. The van der Waals surface area contributed by atoms with Crippen LogP contribution in [0.1, 0.15) is 18.7 Å². The fraction of sp³-hybridized carbons (Fsp3) is 0.353. The Morgan fingerprint density at radius 1 is 1.43 bits per heavy atom. The van der Waals surface area contributed by atoms with Crippen LogP contribution in [0, 0.1) is 0 Å². The van der Waals surface area contributed by atoms with E-state index in [-0.39, 0.29) is 11.7 Å². The molecule has 5 heterocycles. The van der Waals surface area contributed by atoms with E-state index in [1.54, 1.807) is 17.0 Å². The number of H-pyrrole nitrogens is 1. The van der Waals surface area contributed by atoms with Crippen molar-refractivity contribution in [3.63, 3.8) is 0 Å². The van der Waals surface area contributed by atoms with Gasteiger partial charge in [-0.25, -0.2) is 9.67 Å². The molecular formula is C17H16N6O3S2. The molecule has 1 saturated heterocycles. The average molecular weight is 416 g/mol. The quantitative estimate of drug-likeness (QED) is 0.478. The van der Waals surface area contributed by atoms with Gasteiger partial charge in [-0.2, -0.15) is 0 Å². The predicted molar refractivity (Wildman–Crippen MR) is 104 cm³/mol. The number of hydrogen-bond acceptors (Lipinski definition) is 9. The summed E-state index contributed by atoms with van der Waals surface area (Å²) in [5, 5.41) is 15.0. The van der Waals surface area contributed by atoms with Crippen LogP contribution >= 0.6 is 23.1 Å². The number of thiophene rings is 1. The van der Waals surface area contributed by atoms with Crippen LogP contribution in [0.4, 0.5) is 0 Å². The van der Waals surface area contributed by atoms with E-state index >= 15 is 0 Å². The van der Waals surface area contributed by atoms with Gasteiger partial charge in [-0.3, -0.25) is 4.79 Å². The third-order valence-electron chi connectivity index (χ3n) is 4.52. The van der Waals surface area contributed by atoms with Crippen LogP contribution in [0.2, 0.25) is 0 Å². The van der Waals surface area contributed by atoms with E-state index in [0.717, 1.165) is 25.0 Å². The minimum absolute atomic E-state index is 0.156. The molecule has 0 aliphatic carbocycles. The minimum Gasteiger partial charge on any atom is -0.464 e. The number of aromatic nitrogens is 6. The fourth-order valence-electron chi connectivity index (χ4n) is 3.20. The van der Waals surface area contributed by atoms with Crippen molar-refractivity contribution in [1.82, 2.24) is 30.2 Å². The first-order chi connectivity index (χ1) is 13.8.